The van der Waals surface area contributed by atoms with Gasteiger partial charge in [0.25, 0.3) is 5.91 Å². The number of anilines is 2. The van der Waals surface area contributed by atoms with E-state index in [1.807, 2.05) is 13.2 Å². The molecular formula is C17H20N4O2S. The molecule has 0 atom stereocenters. The maximum absolute atomic E-state index is 12.5. The maximum Gasteiger partial charge on any atom is 0.259 e. The molecule has 0 unspecified atom stereocenters. The highest BCUT2D eigenvalue weighted by atomic mass is 32.2. The molecule has 24 heavy (non-hydrogen) atoms. The summed E-state index contributed by atoms with van der Waals surface area (Å²) in [5.74, 6) is -0.375. The van der Waals surface area contributed by atoms with Crippen molar-refractivity contribution < 1.29 is 9.59 Å². The lowest BCUT2D eigenvalue weighted by Crippen LogP contribution is -2.16. The van der Waals surface area contributed by atoms with Gasteiger partial charge in [0, 0.05) is 24.5 Å². The van der Waals surface area contributed by atoms with Crippen LogP contribution in [0.1, 0.15) is 36.3 Å². The van der Waals surface area contributed by atoms with E-state index in [0.717, 1.165) is 18.5 Å². The van der Waals surface area contributed by atoms with E-state index in [1.165, 1.54) is 18.7 Å². The van der Waals surface area contributed by atoms with Gasteiger partial charge in [-0.2, -0.15) is 0 Å². The number of aromatic nitrogens is 2. The first kappa shape index (κ1) is 17.9. The number of aryl methyl sites for hydroxylation is 1. The number of nitrogens with zero attached hydrogens (tertiary/aromatic N) is 2. The Bertz CT molecular complexity index is 732. The second-order valence-electron chi connectivity index (χ2n) is 5.18. The quantitative estimate of drug-likeness (QED) is 0.620. The summed E-state index contributed by atoms with van der Waals surface area (Å²) in [6.45, 7) is 3.49. The molecule has 0 spiro atoms. The largest absolute Gasteiger partial charge is 0.326 e. The SMILES string of the molecule is CCCc1nc(SC)ncc1C(=O)Nc1ccc(NC(C)=O)cc1. The lowest BCUT2D eigenvalue weighted by Gasteiger charge is -2.10. The van der Waals surface area contributed by atoms with Crippen molar-refractivity contribution in [3.05, 3.63) is 41.7 Å². The number of rotatable bonds is 6. The molecule has 1 aromatic carbocycles. The predicted molar refractivity (Wildman–Crippen MR) is 96.5 cm³/mol. The summed E-state index contributed by atoms with van der Waals surface area (Å²) >= 11 is 1.45. The van der Waals surface area contributed by atoms with Crippen LogP contribution in [-0.4, -0.2) is 28.0 Å². The molecule has 0 radical (unpaired) electrons. The minimum Gasteiger partial charge on any atom is -0.326 e. The van der Waals surface area contributed by atoms with Crippen LogP contribution in [0.2, 0.25) is 0 Å². The van der Waals surface area contributed by atoms with Crippen molar-refractivity contribution in [3.63, 3.8) is 0 Å². The Morgan fingerprint density at radius 1 is 1.12 bits per heavy atom. The second-order valence-corrected chi connectivity index (χ2v) is 5.95. The fourth-order valence-electron chi connectivity index (χ4n) is 2.15. The summed E-state index contributed by atoms with van der Waals surface area (Å²) in [6.07, 6.45) is 5.10. The van der Waals surface area contributed by atoms with Gasteiger partial charge in [0.15, 0.2) is 5.16 Å². The summed E-state index contributed by atoms with van der Waals surface area (Å²) in [7, 11) is 0. The van der Waals surface area contributed by atoms with Gasteiger partial charge in [-0.15, -0.1) is 0 Å². The van der Waals surface area contributed by atoms with E-state index in [-0.39, 0.29) is 11.8 Å². The highest BCUT2D eigenvalue weighted by molar-refractivity contribution is 7.98. The normalized spacial score (nSPS) is 10.3. The molecule has 0 fully saturated rings. The first-order chi connectivity index (χ1) is 11.5. The Morgan fingerprint density at radius 3 is 2.29 bits per heavy atom. The van der Waals surface area contributed by atoms with Gasteiger partial charge in [0.05, 0.1) is 11.3 Å². The van der Waals surface area contributed by atoms with Crippen LogP contribution in [0.4, 0.5) is 11.4 Å². The molecule has 0 saturated heterocycles. The molecule has 0 saturated carbocycles. The molecule has 1 heterocycles. The second kappa shape index (κ2) is 8.44. The van der Waals surface area contributed by atoms with Crippen LogP contribution < -0.4 is 10.6 Å². The number of carbonyl (C=O) groups is 2. The summed E-state index contributed by atoms with van der Waals surface area (Å²) in [5, 5.41) is 6.18. The van der Waals surface area contributed by atoms with Gasteiger partial charge in [-0.25, -0.2) is 9.97 Å². The van der Waals surface area contributed by atoms with Gasteiger partial charge in [0.2, 0.25) is 5.91 Å². The molecule has 0 aliphatic heterocycles. The molecule has 2 aromatic rings. The fourth-order valence-corrected chi connectivity index (χ4v) is 2.51. The van der Waals surface area contributed by atoms with E-state index >= 15 is 0 Å². The van der Waals surface area contributed by atoms with Crippen LogP contribution in [0.3, 0.4) is 0 Å². The minimum absolute atomic E-state index is 0.137. The topological polar surface area (TPSA) is 84.0 Å². The number of nitrogens with one attached hydrogen (secondary N) is 2. The third-order valence-corrected chi connectivity index (χ3v) is 3.78. The molecule has 126 valence electrons. The molecule has 2 N–H and O–H groups in total. The van der Waals surface area contributed by atoms with Gasteiger partial charge >= 0.3 is 0 Å². The monoisotopic (exact) mass is 344 g/mol. The van der Waals surface area contributed by atoms with Crippen LogP contribution in [-0.2, 0) is 11.2 Å². The van der Waals surface area contributed by atoms with Crippen LogP contribution in [0, 0.1) is 0 Å². The molecule has 0 bridgehead atoms. The third-order valence-electron chi connectivity index (χ3n) is 3.22. The molecular weight excluding hydrogens is 324 g/mol. The van der Waals surface area contributed by atoms with Crippen molar-refractivity contribution in [2.24, 2.45) is 0 Å². The number of benzene rings is 1. The number of amides is 2. The van der Waals surface area contributed by atoms with Crippen LogP contribution in [0.25, 0.3) is 0 Å². The number of hydrogen-bond donors (Lipinski definition) is 2. The highest BCUT2D eigenvalue weighted by Gasteiger charge is 2.14. The van der Waals surface area contributed by atoms with Gasteiger partial charge < -0.3 is 10.6 Å². The van der Waals surface area contributed by atoms with E-state index < -0.39 is 0 Å². The van der Waals surface area contributed by atoms with Crippen molar-refractivity contribution in [1.82, 2.24) is 9.97 Å². The summed E-state index contributed by atoms with van der Waals surface area (Å²) in [4.78, 5) is 32.1. The average molecular weight is 344 g/mol. The van der Waals surface area contributed by atoms with E-state index in [1.54, 1.807) is 30.5 Å². The van der Waals surface area contributed by atoms with Crippen molar-refractivity contribution in [1.29, 1.82) is 0 Å². The number of carbonyl (C=O) groups excluding carboxylic acids is 2. The molecule has 2 amide bonds. The molecule has 2 rings (SSSR count). The van der Waals surface area contributed by atoms with E-state index in [4.69, 9.17) is 0 Å². The summed E-state index contributed by atoms with van der Waals surface area (Å²) < 4.78 is 0. The predicted octanol–water partition coefficient (Wildman–Crippen LogP) is 3.36. The Labute approximate surface area is 145 Å². The molecule has 6 nitrogen and oxygen atoms in total. The van der Waals surface area contributed by atoms with Gasteiger partial charge in [-0.1, -0.05) is 25.1 Å². The van der Waals surface area contributed by atoms with E-state index in [0.29, 0.717) is 22.1 Å². The Morgan fingerprint density at radius 2 is 1.75 bits per heavy atom. The number of hydrogen-bond acceptors (Lipinski definition) is 5. The molecule has 0 aliphatic rings. The van der Waals surface area contributed by atoms with Crippen LogP contribution >= 0.6 is 11.8 Å². The lowest BCUT2D eigenvalue weighted by atomic mass is 10.1. The minimum atomic E-state index is -0.238. The summed E-state index contributed by atoms with van der Waals surface area (Å²) in [5.41, 5.74) is 2.56. The zero-order chi connectivity index (χ0) is 17.5. The Balaban J connectivity index is 2.15. The molecule has 0 aliphatic carbocycles. The maximum atomic E-state index is 12.5. The fraction of sp³-hybridized carbons (Fsp3) is 0.294. The first-order valence-electron chi connectivity index (χ1n) is 7.62. The Kier molecular flexibility index (Phi) is 6.31. The van der Waals surface area contributed by atoms with Crippen molar-refractivity contribution in [2.75, 3.05) is 16.9 Å². The Hall–Kier alpha value is -2.41. The van der Waals surface area contributed by atoms with Crippen molar-refractivity contribution >= 4 is 35.0 Å². The van der Waals surface area contributed by atoms with Gasteiger partial charge in [-0.05, 0) is 36.9 Å². The first-order valence-corrected chi connectivity index (χ1v) is 8.85. The highest BCUT2D eigenvalue weighted by Crippen LogP contribution is 2.17. The molecule has 7 heteroatoms. The number of thioether (sulfide) groups is 1. The van der Waals surface area contributed by atoms with Gasteiger partial charge in [0.1, 0.15) is 0 Å². The molecule has 1 aromatic heterocycles. The standard InChI is InChI=1S/C17H20N4O2S/c1-4-5-15-14(10-18-17(21-15)24-3)16(23)20-13-8-6-12(7-9-13)19-11(2)22/h6-10H,4-5H2,1-3H3,(H,19,22)(H,20,23). The lowest BCUT2D eigenvalue weighted by molar-refractivity contribution is -0.114. The average Bonchev–Trinajstić information content (AvgIpc) is 2.56. The van der Waals surface area contributed by atoms with Crippen molar-refractivity contribution in [2.45, 2.75) is 31.8 Å². The summed E-state index contributed by atoms with van der Waals surface area (Å²) in [6, 6.07) is 6.94. The zero-order valence-corrected chi connectivity index (χ0v) is 14.7. The smallest absolute Gasteiger partial charge is 0.259 e. The van der Waals surface area contributed by atoms with Crippen LogP contribution in [0.15, 0.2) is 35.6 Å². The van der Waals surface area contributed by atoms with E-state index in [9.17, 15) is 9.59 Å². The zero-order valence-electron chi connectivity index (χ0n) is 13.9. The van der Waals surface area contributed by atoms with Crippen molar-refractivity contribution in [3.8, 4) is 0 Å². The van der Waals surface area contributed by atoms with Gasteiger partial charge in [-0.3, -0.25) is 9.59 Å². The van der Waals surface area contributed by atoms with Crippen LogP contribution in [0.5, 0.6) is 0 Å². The van der Waals surface area contributed by atoms with E-state index in [2.05, 4.69) is 20.6 Å². The third kappa shape index (κ3) is 4.79.